The van der Waals surface area contributed by atoms with Crippen LogP contribution < -0.4 is 5.32 Å². The summed E-state index contributed by atoms with van der Waals surface area (Å²) in [5, 5.41) is 33.3. The fraction of sp³-hybridized carbons (Fsp3) is 0.917. The van der Waals surface area contributed by atoms with Crippen LogP contribution in [0.15, 0.2) is 12.2 Å². The minimum absolute atomic E-state index is 0.160. The van der Waals surface area contributed by atoms with Gasteiger partial charge in [-0.15, -0.1) is 0 Å². The van der Waals surface area contributed by atoms with E-state index in [0.29, 0.717) is 12.8 Å². The number of carbonyl (C=O) groups excluding carboxylic acids is 1. The van der Waals surface area contributed by atoms with Gasteiger partial charge in [-0.3, -0.25) is 4.79 Å². The monoisotopic (exact) mass is 582 g/mol. The molecular weight excluding hydrogens is 510 g/mol. The van der Waals surface area contributed by atoms with Crippen LogP contribution in [0, 0.1) is 0 Å². The molecule has 0 aromatic rings. The smallest absolute Gasteiger partial charge is 0.220 e. The van der Waals surface area contributed by atoms with E-state index in [-0.39, 0.29) is 12.5 Å². The molecule has 5 nitrogen and oxygen atoms in total. The van der Waals surface area contributed by atoms with Gasteiger partial charge in [-0.25, -0.2) is 0 Å². The van der Waals surface area contributed by atoms with E-state index in [1.807, 2.05) is 0 Å². The molecule has 0 radical (unpaired) electrons. The second-order valence-electron chi connectivity index (χ2n) is 12.4. The number of allylic oxidation sites excluding steroid dienone is 2. The lowest BCUT2D eigenvalue weighted by atomic mass is 9.99. The Morgan fingerprint density at radius 3 is 1.49 bits per heavy atom. The van der Waals surface area contributed by atoms with Crippen molar-refractivity contribution >= 4 is 5.91 Å². The molecule has 244 valence electrons. The number of hydrogen-bond donors (Lipinski definition) is 4. The maximum absolute atomic E-state index is 12.3. The number of unbranched alkanes of at least 4 members (excludes halogenated alkanes) is 22. The minimum Gasteiger partial charge on any atom is -0.394 e. The Balaban J connectivity index is 3.67. The molecule has 1 amide bonds. The van der Waals surface area contributed by atoms with Gasteiger partial charge < -0.3 is 20.6 Å². The molecule has 5 heteroatoms. The first-order valence-corrected chi connectivity index (χ1v) is 18.0. The molecule has 0 bridgehead atoms. The fourth-order valence-electron chi connectivity index (χ4n) is 5.49. The first kappa shape index (κ1) is 40.1. The Morgan fingerprint density at radius 1 is 0.585 bits per heavy atom. The Morgan fingerprint density at radius 2 is 1.00 bits per heavy atom. The molecule has 0 saturated carbocycles. The van der Waals surface area contributed by atoms with Gasteiger partial charge in [0.25, 0.3) is 0 Å². The Bertz CT molecular complexity index is 568. The van der Waals surface area contributed by atoms with Gasteiger partial charge in [-0.1, -0.05) is 161 Å². The number of nitrogens with one attached hydrogen (secondary N) is 1. The van der Waals surface area contributed by atoms with Gasteiger partial charge in [0.1, 0.15) is 6.10 Å². The second kappa shape index (κ2) is 32.0. The molecule has 0 aromatic carbocycles. The molecule has 0 rings (SSSR count). The fourth-order valence-corrected chi connectivity index (χ4v) is 5.49. The van der Waals surface area contributed by atoms with E-state index in [2.05, 4.69) is 31.3 Å². The summed E-state index contributed by atoms with van der Waals surface area (Å²) >= 11 is 0. The molecule has 0 aromatic heterocycles. The third-order valence-electron chi connectivity index (χ3n) is 8.37. The van der Waals surface area contributed by atoms with Crippen LogP contribution in [0.4, 0.5) is 0 Å². The Labute approximate surface area is 255 Å². The maximum atomic E-state index is 12.3. The third-order valence-corrected chi connectivity index (χ3v) is 8.37. The van der Waals surface area contributed by atoms with Crippen LogP contribution in [0.2, 0.25) is 0 Å². The molecule has 3 unspecified atom stereocenters. The molecule has 0 heterocycles. The predicted octanol–water partition coefficient (Wildman–Crippen LogP) is 9.31. The highest BCUT2D eigenvalue weighted by molar-refractivity contribution is 5.76. The van der Waals surface area contributed by atoms with Crippen LogP contribution in [0.3, 0.4) is 0 Å². The molecule has 0 aliphatic rings. The lowest BCUT2D eigenvalue weighted by Crippen LogP contribution is -2.50. The summed E-state index contributed by atoms with van der Waals surface area (Å²) in [6.07, 6.45) is 34.5. The molecular formula is C36H71NO4. The highest BCUT2D eigenvalue weighted by atomic mass is 16.3. The average Bonchev–Trinajstić information content (AvgIpc) is 2.97. The molecule has 0 spiro atoms. The van der Waals surface area contributed by atoms with Gasteiger partial charge in [0, 0.05) is 6.42 Å². The van der Waals surface area contributed by atoms with E-state index in [1.165, 1.54) is 109 Å². The van der Waals surface area contributed by atoms with Crippen molar-refractivity contribution in [1.82, 2.24) is 5.32 Å². The average molecular weight is 582 g/mol. The number of aliphatic hydroxyl groups is 3. The molecule has 3 atom stereocenters. The predicted molar refractivity (Wildman–Crippen MR) is 176 cm³/mol. The molecule has 4 N–H and O–H groups in total. The molecule has 0 aliphatic heterocycles. The van der Waals surface area contributed by atoms with Crippen LogP contribution in [0.5, 0.6) is 0 Å². The molecule has 0 saturated heterocycles. The summed E-state index contributed by atoms with van der Waals surface area (Å²) in [4.78, 5) is 12.3. The van der Waals surface area contributed by atoms with Crippen LogP contribution in [0.1, 0.15) is 187 Å². The topological polar surface area (TPSA) is 89.8 Å². The summed E-state index contributed by atoms with van der Waals surface area (Å²) < 4.78 is 0. The standard InChI is InChI=1S/C36H71NO4/c1-3-5-7-9-11-13-15-16-17-18-19-20-21-22-24-26-28-30-34(39)36(41)33(32-38)37-35(40)31-29-27-25-23-14-12-10-8-6-4-2/h10,12,33-34,36,38-39,41H,3-9,11,13-32H2,1-2H3,(H,37,40)/b12-10-. The first-order valence-electron chi connectivity index (χ1n) is 18.0. The zero-order chi connectivity index (χ0) is 30.2. The first-order chi connectivity index (χ1) is 20.1. The van der Waals surface area contributed by atoms with Crippen molar-refractivity contribution in [3.8, 4) is 0 Å². The minimum atomic E-state index is -1.13. The molecule has 0 aliphatic carbocycles. The van der Waals surface area contributed by atoms with E-state index in [4.69, 9.17) is 0 Å². The van der Waals surface area contributed by atoms with Gasteiger partial charge >= 0.3 is 0 Å². The van der Waals surface area contributed by atoms with Gasteiger partial charge in [0.2, 0.25) is 5.91 Å². The SMILES string of the molecule is CCCC/C=C\CCCCCCC(=O)NC(CO)C(O)C(O)CCCCCCCCCCCCCCCCCCC. The van der Waals surface area contributed by atoms with Crippen LogP contribution in [-0.4, -0.2) is 46.1 Å². The normalized spacial score (nSPS) is 14.0. The van der Waals surface area contributed by atoms with Crippen LogP contribution >= 0.6 is 0 Å². The number of carbonyl (C=O) groups is 1. The van der Waals surface area contributed by atoms with Crippen molar-refractivity contribution in [2.24, 2.45) is 0 Å². The lowest BCUT2D eigenvalue weighted by Gasteiger charge is -2.26. The summed E-state index contributed by atoms with van der Waals surface area (Å²) in [6, 6.07) is -0.809. The summed E-state index contributed by atoms with van der Waals surface area (Å²) in [5.74, 6) is -0.160. The second-order valence-corrected chi connectivity index (χ2v) is 12.4. The zero-order valence-corrected chi connectivity index (χ0v) is 27.4. The van der Waals surface area contributed by atoms with Gasteiger partial charge in [0.15, 0.2) is 0 Å². The van der Waals surface area contributed by atoms with Crippen molar-refractivity contribution in [3.05, 3.63) is 12.2 Å². The number of hydrogen-bond acceptors (Lipinski definition) is 4. The quantitative estimate of drug-likeness (QED) is 0.0471. The Hall–Kier alpha value is -0.910. The maximum Gasteiger partial charge on any atom is 0.220 e. The van der Waals surface area contributed by atoms with E-state index in [0.717, 1.165) is 51.4 Å². The van der Waals surface area contributed by atoms with E-state index < -0.39 is 18.2 Å². The van der Waals surface area contributed by atoms with Crippen molar-refractivity contribution in [1.29, 1.82) is 0 Å². The van der Waals surface area contributed by atoms with E-state index in [1.54, 1.807) is 0 Å². The van der Waals surface area contributed by atoms with Crippen molar-refractivity contribution < 1.29 is 20.1 Å². The lowest BCUT2D eigenvalue weighted by molar-refractivity contribution is -0.124. The van der Waals surface area contributed by atoms with Crippen molar-refractivity contribution in [2.45, 2.75) is 205 Å². The van der Waals surface area contributed by atoms with Crippen molar-refractivity contribution in [3.63, 3.8) is 0 Å². The number of aliphatic hydroxyl groups excluding tert-OH is 3. The molecule has 0 fully saturated rings. The summed E-state index contributed by atoms with van der Waals surface area (Å²) in [6.45, 7) is 4.11. The highest BCUT2D eigenvalue weighted by Gasteiger charge is 2.26. The number of amides is 1. The van der Waals surface area contributed by atoms with Gasteiger partial charge in [-0.2, -0.15) is 0 Å². The summed E-state index contributed by atoms with van der Waals surface area (Å²) in [7, 11) is 0. The molecule has 41 heavy (non-hydrogen) atoms. The third kappa shape index (κ3) is 27.7. The van der Waals surface area contributed by atoms with Crippen LogP contribution in [0.25, 0.3) is 0 Å². The van der Waals surface area contributed by atoms with Crippen LogP contribution in [-0.2, 0) is 4.79 Å². The zero-order valence-electron chi connectivity index (χ0n) is 27.4. The van der Waals surface area contributed by atoms with E-state index >= 15 is 0 Å². The van der Waals surface area contributed by atoms with Gasteiger partial charge in [-0.05, 0) is 32.1 Å². The number of rotatable bonds is 32. The van der Waals surface area contributed by atoms with Gasteiger partial charge in [0.05, 0.1) is 18.8 Å². The summed E-state index contributed by atoms with van der Waals surface area (Å²) in [5.41, 5.74) is 0. The largest absolute Gasteiger partial charge is 0.394 e. The highest BCUT2D eigenvalue weighted by Crippen LogP contribution is 2.16. The van der Waals surface area contributed by atoms with Crippen molar-refractivity contribution in [2.75, 3.05) is 6.61 Å². The Kier molecular flexibility index (Phi) is 31.3. The van der Waals surface area contributed by atoms with E-state index in [9.17, 15) is 20.1 Å².